The Morgan fingerprint density at radius 2 is 1.86 bits per heavy atom. The Bertz CT molecular complexity index is 1070. The number of halogens is 1. The molecule has 5 nitrogen and oxygen atoms in total. The van der Waals surface area contributed by atoms with Gasteiger partial charge >= 0.3 is 0 Å². The van der Waals surface area contributed by atoms with Crippen molar-refractivity contribution in [3.05, 3.63) is 71.2 Å². The molecule has 0 saturated heterocycles. The normalized spacial score (nSPS) is 19.6. The molecule has 142 valence electrons. The highest BCUT2D eigenvalue weighted by atomic mass is 19.1. The number of ether oxygens (including phenoxy) is 1. The fourth-order valence-electron chi connectivity index (χ4n) is 3.54. The van der Waals surface area contributed by atoms with Crippen LogP contribution in [0.25, 0.3) is 11.1 Å². The Labute approximate surface area is 161 Å². The number of hydrogen-bond acceptors (Lipinski definition) is 3. The summed E-state index contributed by atoms with van der Waals surface area (Å²) in [4.78, 5) is 23.7. The summed E-state index contributed by atoms with van der Waals surface area (Å²) in [5, 5.41) is 5.42. The van der Waals surface area contributed by atoms with Gasteiger partial charge in [0.05, 0.1) is 11.3 Å². The fourth-order valence-corrected chi connectivity index (χ4v) is 3.54. The molecule has 2 aromatic carbocycles. The molecule has 0 spiro atoms. The fraction of sp³-hybridized carbons (Fsp3) is 0.182. The standard InChI is InChI=1S/C22H19FN2O3/c1-12(26)24-15-7-4-13(5-8-15)17-11-19(28-22(17,2)3)20-16-9-6-14(23)10-18(16)25-21(20)27/h4-11H,1-3H3,(H,24,26)(H,25,27). The smallest absolute Gasteiger partial charge is 0.260 e. The van der Waals surface area contributed by atoms with E-state index >= 15 is 0 Å². The second-order valence-electron chi connectivity index (χ2n) is 7.31. The van der Waals surface area contributed by atoms with Gasteiger partial charge in [-0.15, -0.1) is 0 Å². The summed E-state index contributed by atoms with van der Waals surface area (Å²) < 4.78 is 19.6. The minimum Gasteiger partial charge on any atom is -0.482 e. The number of fused-ring (bicyclic) bond motifs is 1. The number of rotatable bonds is 2. The first-order valence-corrected chi connectivity index (χ1v) is 8.89. The van der Waals surface area contributed by atoms with E-state index < -0.39 is 11.4 Å². The van der Waals surface area contributed by atoms with Gasteiger partial charge in [0.2, 0.25) is 5.91 Å². The highest BCUT2D eigenvalue weighted by Crippen LogP contribution is 2.44. The van der Waals surface area contributed by atoms with Crippen LogP contribution >= 0.6 is 0 Å². The number of anilines is 2. The van der Waals surface area contributed by atoms with Crippen LogP contribution in [0.3, 0.4) is 0 Å². The van der Waals surface area contributed by atoms with Crippen LogP contribution in [-0.4, -0.2) is 17.4 Å². The van der Waals surface area contributed by atoms with Crippen molar-refractivity contribution in [2.24, 2.45) is 0 Å². The highest BCUT2D eigenvalue weighted by Gasteiger charge is 2.37. The quantitative estimate of drug-likeness (QED) is 0.764. The van der Waals surface area contributed by atoms with Crippen molar-refractivity contribution in [1.29, 1.82) is 0 Å². The van der Waals surface area contributed by atoms with Gasteiger partial charge < -0.3 is 15.4 Å². The average Bonchev–Trinajstić information content (AvgIpc) is 3.09. The van der Waals surface area contributed by atoms with Crippen LogP contribution in [0.4, 0.5) is 15.8 Å². The van der Waals surface area contributed by atoms with Gasteiger partial charge in [-0.05, 0) is 55.8 Å². The van der Waals surface area contributed by atoms with E-state index in [1.807, 2.05) is 44.2 Å². The molecular weight excluding hydrogens is 359 g/mol. The first-order chi connectivity index (χ1) is 13.2. The van der Waals surface area contributed by atoms with Crippen molar-refractivity contribution < 1.29 is 18.7 Å². The molecule has 0 saturated carbocycles. The average molecular weight is 378 g/mol. The molecular formula is C22H19FN2O3. The Morgan fingerprint density at radius 1 is 1.14 bits per heavy atom. The van der Waals surface area contributed by atoms with Gasteiger partial charge in [-0.3, -0.25) is 9.59 Å². The summed E-state index contributed by atoms with van der Waals surface area (Å²) in [5.41, 5.74) is 3.35. The monoisotopic (exact) mass is 378 g/mol. The summed E-state index contributed by atoms with van der Waals surface area (Å²) in [5.74, 6) is -0.405. The Kier molecular flexibility index (Phi) is 4.07. The molecule has 0 atom stereocenters. The minimum absolute atomic E-state index is 0.133. The van der Waals surface area contributed by atoms with Gasteiger partial charge in [0, 0.05) is 23.7 Å². The van der Waals surface area contributed by atoms with Gasteiger partial charge in [-0.25, -0.2) is 4.39 Å². The highest BCUT2D eigenvalue weighted by molar-refractivity contribution is 6.32. The molecule has 2 amide bonds. The van der Waals surface area contributed by atoms with Crippen LogP contribution in [0.2, 0.25) is 0 Å². The molecule has 2 aliphatic heterocycles. The van der Waals surface area contributed by atoms with Crippen molar-refractivity contribution in [2.75, 3.05) is 10.6 Å². The van der Waals surface area contributed by atoms with Gasteiger partial charge in [-0.1, -0.05) is 12.1 Å². The van der Waals surface area contributed by atoms with E-state index in [2.05, 4.69) is 10.6 Å². The summed E-state index contributed by atoms with van der Waals surface area (Å²) >= 11 is 0. The van der Waals surface area contributed by atoms with E-state index in [-0.39, 0.29) is 11.8 Å². The van der Waals surface area contributed by atoms with Crippen LogP contribution in [0, 0.1) is 5.82 Å². The maximum atomic E-state index is 13.5. The molecule has 2 aliphatic rings. The molecule has 28 heavy (non-hydrogen) atoms. The zero-order chi connectivity index (χ0) is 20.1. The lowest BCUT2D eigenvalue weighted by atomic mass is 9.92. The molecule has 2 aromatic rings. The predicted octanol–water partition coefficient (Wildman–Crippen LogP) is 4.34. The van der Waals surface area contributed by atoms with Gasteiger partial charge in [0.15, 0.2) is 0 Å². The number of nitrogens with one attached hydrogen (secondary N) is 2. The van der Waals surface area contributed by atoms with Crippen LogP contribution < -0.4 is 10.6 Å². The largest absolute Gasteiger partial charge is 0.482 e. The van der Waals surface area contributed by atoms with Crippen molar-refractivity contribution >= 4 is 34.3 Å². The number of carbonyl (C=O) groups excluding carboxylic acids is 2. The van der Waals surface area contributed by atoms with E-state index in [9.17, 15) is 14.0 Å². The first-order valence-electron chi connectivity index (χ1n) is 8.89. The SMILES string of the molecule is CC(=O)Nc1ccc(C2=CC(=C3C(=O)Nc4cc(F)ccc43)OC2(C)C)cc1. The third-order valence-corrected chi connectivity index (χ3v) is 4.78. The number of benzene rings is 2. The molecule has 0 unspecified atom stereocenters. The van der Waals surface area contributed by atoms with Crippen molar-refractivity contribution in [3.8, 4) is 0 Å². The third-order valence-electron chi connectivity index (χ3n) is 4.78. The Hall–Kier alpha value is -3.41. The zero-order valence-corrected chi connectivity index (χ0v) is 15.7. The van der Waals surface area contributed by atoms with E-state index in [1.54, 1.807) is 6.07 Å². The third kappa shape index (κ3) is 3.07. The molecule has 6 heteroatoms. The van der Waals surface area contributed by atoms with E-state index in [4.69, 9.17) is 4.74 Å². The number of carbonyl (C=O) groups is 2. The molecule has 0 radical (unpaired) electrons. The van der Waals surface area contributed by atoms with Gasteiger partial charge in [0.1, 0.15) is 17.2 Å². The van der Waals surface area contributed by atoms with Crippen LogP contribution in [0.15, 0.2) is 54.3 Å². The van der Waals surface area contributed by atoms with E-state index in [1.165, 1.54) is 19.1 Å². The van der Waals surface area contributed by atoms with Crippen LogP contribution in [0.5, 0.6) is 0 Å². The summed E-state index contributed by atoms with van der Waals surface area (Å²) in [7, 11) is 0. The van der Waals surface area contributed by atoms with Crippen molar-refractivity contribution in [1.82, 2.24) is 0 Å². The van der Waals surface area contributed by atoms with Crippen molar-refractivity contribution in [3.63, 3.8) is 0 Å². The molecule has 0 aromatic heterocycles. The Morgan fingerprint density at radius 3 is 2.54 bits per heavy atom. The second-order valence-corrected chi connectivity index (χ2v) is 7.31. The van der Waals surface area contributed by atoms with Crippen LogP contribution in [-0.2, 0) is 14.3 Å². The summed E-state index contributed by atoms with van der Waals surface area (Å²) in [6.07, 6.45) is 1.85. The predicted molar refractivity (Wildman–Crippen MR) is 106 cm³/mol. The molecule has 0 bridgehead atoms. The van der Waals surface area contributed by atoms with Gasteiger partial charge in [-0.2, -0.15) is 0 Å². The number of allylic oxidation sites excluding steroid dienone is 1. The number of hydrogen-bond donors (Lipinski definition) is 2. The second kappa shape index (κ2) is 6.34. The van der Waals surface area contributed by atoms with E-state index in [0.717, 1.165) is 11.1 Å². The lowest BCUT2D eigenvalue weighted by Gasteiger charge is -2.23. The van der Waals surface area contributed by atoms with E-state index in [0.29, 0.717) is 28.3 Å². The lowest BCUT2D eigenvalue weighted by molar-refractivity contribution is -0.114. The van der Waals surface area contributed by atoms with Crippen molar-refractivity contribution in [2.45, 2.75) is 26.4 Å². The molecule has 0 aliphatic carbocycles. The summed E-state index contributed by atoms with van der Waals surface area (Å²) in [6, 6.07) is 11.6. The van der Waals surface area contributed by atoms with Crippen LogP contribution in [0.1, 0.15) is 31.9 Å². The van der Waals surface area contributed by atoms with Gasteiger partial charge in [0.25, 0.3) is 5.91 Å². The number of amides is 2. The topological polar surface area (TPSA) is 67.4 Å². The molecule has 2 heterocycles. The lowest BCUT2D eigenvalue weighted by Crippen LogP contribution is -2.21. The maximum absolute atomic E-state index is 13.5. The molecule has 0 fully saturated rings. The minimum atomic E-state index is -0.652. The molecule has 4 rings (SSSR count). The maximum Gasteiger partial charge on any atom is 0.260 e. The zero-order valence-electron chi connectivity index (χ0n) is 15.7. The first kappa shape index (κ1) is 18.0. The Balaban J connectivity index is 1.76. The summed E-state index contributed by atoms with van der Waals surface area (Å²) in [6.45, 7) is 5.30. The molecule has 2 N–H and O–H groups in total.